The van der Waals surface area contributed by atoms with Crippen LogP contribution < -0.4 is 0 Å². The molecule has 2 N–H and O–H groups in total. The SMILES string of the molecule is CCC(C)CCCC(CC(C)=O)OOC(C=CC(=O)O)=CC(=O)O. The summed E-state index contributed by atoms with van der Waals surface area (Å²) >= 11 is 0. The fourth-order valence-electron chi connectivity index (χ4n) is 1.90. The minimum atomic E-state index is -1.30. The van der Waals surface area contributed by atoms with Crippen LogP contribution in [-0.4, -0.2) is 34.0 Å². The lowest BCUT2D eigenvalue weighted by atomic mass is 9.99. The van der Waals surface area contributed by atoms with Gasteiger partial charge in [0.15, 0.2) is 5.76 Å². The van der Waals surface area contributed by atoms with Gasteiger partial charge in [-0.2, -0.15) is 4.89 Å². The normalized spacial score (nSPS) is 14.4. The van der Waals surface area contributed by atoms with Gasteiger partial charge in [-0.25, -0.2) is 9.59 Å². The molecule has 2 atom stereocenters. The van der Waals surface area contributed by atoms with Crippen molar-refractivity contribution >= 4 is 17.7 Å². The zero-order valence-corrected chi connectivity index (χ0v) is 14.4. The predicted molar refractivity (Wildman–Crippen MR) is 87.1 cm³/mol. The third kappa shape index (κ3) is 12.4. The summed E-state index contributed by atoms with van der Waals surface area (Å²) < 4.78 is 0. The number of ketones is 1. The summed E-state index contributed by atoms with van der Waals surface area (Å²) in [4.78, 5) is 42.6. The lowest BCUT2D eigenvalue weighted by Crippen LogP contribution is -2.17. The van der Waals surface area contributed by atoms with Crippen LogP contribution in [0.5, 0.6) is 0 Å². The Bertz CT molecular complexity index is 479. The molecule has 7 nitrogen and oxygen atoms in total. The number of rotatable bonds is 13. The van der Waals surface area contributed by atoms with Gasteiger partial charge in [0.25, 0.3) is 0 Å². The standard InChI is InChI=1S/C17H26O7/c1-4-12(2)6-5-7-14(10-13(3)18)23-24-15(11-17(21)22)8-9-16(19)20/h8-9,11-12,14H,4-7,10H2,1-3H3,(H,19,20)(H,21,22). The van der Waals surface area contributed by atoms with Crippen molar-refractivity contribution in [2.24, 2.45) is 5.92 Å². The van der Waals surface area contributed by atoms with Crippen molar-refractivity contribution < 1.29 is 34.4 Å². The Morgan fingerprint density at radius 1 is 1.08 bits per heavy atom. The van der Waals surface area contributed by atoms with Gasteiger partial charge in [-0.1, -0.05) is 33.1 Å². The molecular formula is C17H26O7. The first-order valence-corrected chi connectivity index (χ1v) is 7.93. The summed E-state index contributed by atoms with van der Waals surface area (Å²) in [5.41, 5.74) is 0. The van der Waals surface area contributed by atoms with E-state index < -0.39 is 18.0 Å². The molecule has 7 heteroatoms. The Morgan fingerprint density at radius 3 is 2.25 bits per heavy atom. The molecule has 0 aromatic rings. The van der Waals surface area contributed by atoms with E-state index in [-0.39, 0.29) is 18.0 Å². The van der Waals surface area contributed by atoms with Crippen molar-refractivity contribution in [1.82, 2.24) is 0 Å². The molecule has 0 radical (unpaired) electrons. The van der Waals surface area contributed by atoms with Crippen molar-refractivity contribution in [3.8, 4) is 0 Å². The maximum atomic E-state index is 11.3. The fourth-order valence-corrected chi connectivity index (χ4v) is 1.90. The first-order chi connectivity index (χ1) is 11.2. The number of hydrogen-bond acceptors (Lipinski definition) is 5. The summed E-state index contributed by atoms with van der Waals surface area (Å²) in [5.74, 6) is -2.31. The number of carboxylic acid groups (broad SMARTS) is 2. The van der Waals surface area contributed by atoms with Gasteiger partial charge in [-0.3, -0.25) is 4.79 Å². The van der Waals surface area contributed by atoms with Crippen molar-refractivity contribution in [3.05, 3.63) is 24.0 Å². The number of carboxylic acids is 2. The van der Waals surface area contributed by atoms with Crippen LogP contribution in [0.2, 0.25) is 0 Å². The largest absolute Gasteiger partial charge is 0.478 e. The minimum absolute atomic E-state index is 0.0722. The van der Waals surface area contributed by atoms with Crippen molar-refractivity contribution in [2.45, 2.75) is 59.0 Å². The molecule has 0 aromatic carbocycles. The van der Waals surface area contributed by atoms with Crippen molar-refractivity contribution in [2.75, 3.05) is 0 Å². The van der Waals surface area contributed by atoms with Crippen LogP contribution in [0.25, 0.3) is 0 Å². The first kappa shape index (κ1) is 21.9. The van der Waals surface area contributed by atoms with Gasteiger partial charge in [0, 0.05) is 12.5 Å². The third-order valence-corrected chi connectivity index (χ3v) is 3.37. The molecule has 0 aliphatic heterocycles. The highest BCUT2D eigenvalue weighted by Gasteiger charge is 2.15. The van der Waals surface area contributed by atoms with E-state index >= 15 is 0 Å². The van der Waals surface area contributed by atoms with Crippen LogP contribution in [0.4, 0.5) is 0 Å². The number of carbonyl (C=O) groups excluding carboxylic acids is 1. The van der Waals surface area contributed by atoms with Crippen molar-refractivity contribution in [1.29, 1.82) is 0 Å². The Balaban J connectivity index is 4.70. The molecule has 0 saturated carbocycles. The van der Waals surface area contributed by atoms with Crippen LogP contribution in [0.3, 0.4) is 0 Å². The van der Waals surface area contributed by atoms with E-state index in [1.54, 1.807) is 0 Å². The molecule has 0 aliphatic carbocycles. The highest BCUT2D eigenvalue weighted by molar-refractivity contribution is 5.83. The van der Waals surface area contributed by atoms with Crippen LogP contribution in [0, 0.1) is 5.92 Å². The zero-order valence-electron chi connectivity index (χ0n) is 14.4. The Morgan fingerprint density at radius 2 is 1.75 bits per heavy atom. The second-order valence-corrected chi connectivity index (χ2v) is 5.71. The smallest absolute Gasteiger partial charge is 0.332 e. The van der Waals surface area contributed by atoms with Gasteiger partial charge in [0.2, 0.25) is 0 Å². The summed E-state index contributed by atoms with van der Waals surface area (Å²) in [6.45, 7) is 5.68. The van der Waals surface area contributed by atoms with E-state index in [0.717, 1.165) is 31.4 Å². The third-order valence-electron chi connectivity index (χ3n) is 3.37. The van der Waals surface area contributed by atoms with Gasteiger partial charge >= 0.3 is 11.9 Å². The Labute approximate surface area is 141 Å². The number of Topliss-reactive ketones (excluding diaryl/α,β-unsaturated/α-hetero) is 1. The second kappa shape index (κ2) is 12.3. The summed E-state index contributed by atoms with van der Waals surface area (Å²) in [6.07, 6.45) is 5.52. The van der Waals surface area contributed by atoms with Crippen molar-refractivity contribution in [3.63, 3.8) is 0 Å². The molecule has 0 rings (SSSR count). The predicted octanol–water partition coefficient (Wildman–Crippen LogP) is 3.11. The van der Waals surface area contributed by atoms with E-state index in [4.69, 9.17) is 20.0 Å². The molecule has 0 heterocycles. The van der Waals surface area contributed by atoms with E-state index in [9.17, 15) is 14.4 Å². The lowest BCUT2D eigenvalue weighted by Gasteiger charge is -2.17. The van der Waals surface area contributed by atoms with Gasteiger partial charge in [0.1, 0.15) is 11.9 Å². The summed E-state index contributed by atoms with van der Waals surface area (Å²) in [5, 5.41) is 17.3. The topological polar surface area (TPSA) is 110 Å². The molecule has 0 amide bonds. The van der Waals surface area contributed by atoms with Gasteiger partial charge < -0.3 is 15.1 Å². The quantitative estimate of drug-likeness (QED) is 0.174. The number of carbonyl (C=O) groups is 3. The van der Waals surface area contributed by atoms with Gasteiger partial charge in [-0.15, -0.1) is 0 Å². The molecule has 2 unspecified atom stereocenters. The molecule has 24 heavy (non-hydrogen) atoms. The maximum Gasteiger partial charge on any atom is 0.332 e. The number of hydrogen-bond donors (Lipinski definition) is 2. The molecule has 0 saturated heterocycles. The molecule has 0 bridgehead atoms. The number of allylic oxidation sites excluding steroid dienone is 1. The van der Waals surface area contributed by atoms with E-state index in [1.165, 1.54) is 6.92 Å². The average molecular weight is 342 g/mol. The van der Waals surface area contributed by atoms with Crippen LogP contribution in [-0.2, 0) is 24.2 Å². The first-order valence-electron chi connectivity index (χ1n) is 7.93. The molecule has 0 fully saturated rings. The molecule has 0 spiro atoms. The van der Waals surface area contributed by atoms with E-state index in [0.29, 0.717) is 18.4 Å². The van der Waals surface area contributed by atoms with Gasteiger partial charge in [-0.05, 0) is 25.3 Å². The monoisotopic (exact) mass is 342 g/mol. The molecule has 0 aromatic heterocycles. The average Bonchev–Trinajstić information content (AvgIpc) is 2.48. The zero-order chi connectivity index (χ0) is 18.5. The lowest BCUT2D eigenvalue weighted by molar-refractivity contribution is -0.292. The van der Waals surface area contributed by atoms with Gasteiger partial charge in [0.05, 0.1) is 6.08 Å². The highest BCUT2D eigenvalue weighted by Crippen LogP contribution is 2.17. The molecule has 0 aliphatic rings. The Kier molecular flexibility index (Phi) is 11.2. The van der Waals surface area contributed by atoms with Crippen LogP contribution in [0.15, 0.2) is 24.0 Å². The molecule has 136 valence electrons. The van der Waals surface area contributed by atoms with E-state index in [2.05, 4.69) is 13.8 Å². The summed E-state index contributed by atoms with van der Waals surface area (Å²) in [6, 6.07) is 0. The van der Waals surface area contributed by atoms with Crippen LogP contribution in [0.1, 0.15) is 52.9 Å². The summed E-state index contributed by atoms with van der Waals surface area (Å²) in [7, 11) is 0. The van der Waals surface area contributed by atoms with E-state index in [1.807, 2.05) is 0 Å². The second-order valence-electron chi connectivity index (χ2n) is 5.71. The number of aliphatic carboxylic acids is 2. The van der Waals surface area contributed by atoms with Crippen LogP contribution >= 0.6 is 0 Å². The fraction of sp³-hybridized carbons (Fsp3) is 0.588. The minimum Gasteiger partial charge on any atom is -0.478 e. The molecular weight excluding hydrogens is 316 g/mol. The Hall–Kier alpha value is -2.15. The maximum absolute atomic E-state index is 11.3. The highest BCUT2D eigenvalue weighted by atomic mass is 17.2.